The van der Waals surface area contributed by atoms with Crippen LogP contribution >= 0.6 is 0 Å². The zero-order valence-corrected chi connectivity index (χ0v) is 8.49. The molecular formula is C10H18O3. The molecular weight excluding hydrogens is 168 g/mol. The van der Waals surface area contributed by atoms with E-state index in [9.17, 15) is 4.79 Å². The summed E-state index contributed by atoms with van der Waals surface area (Å²) in [5, 5.41) is 8.89. The highest BCUT2D eigenvalue weighted by molar-refractivity contribution is 5.73. The molecule has 1 saturated heterocycles. The molecule has 0 bridgehead atoms. The third-order valence-corrected chi connectivity index (χ3v) is 2.46. The number of hydrogen-bond acceptors (Lipinski definition) is 2. The fourth-order valence-corrected chi connectivity index (χ4v) is 2.05. The van der Waals surface area contributed by atoms with Crippen LogP contribution in [0.3, 0.4) is 0 Å². The molecule has 0 aliphatic carbocycles. The van der Waals surface area contributed by atoms with E-state index in [0.29, 0.717) is 5.92 Å². The van der Waals surface area contributed by atoms with Crippen molar-refractivity contribution in [1.29, 1.82) is 0 Å². The summed E-state index contributed by atoms with van der Waals surface area (Å²) in [5.74, 6) is -0.0664. The summed E-state index contributed by atoms with van der Waals surface area (Å²) in [7, 11) is 0. The van der Waals surface area contributed by atoms with Gasteiger partial charge in [-0.2, -0.15) is 0 Å². The second kappa shape index (κ2) is 4.09. The number of hydrogen-bond donors (Lipinski definition) is 1. The minimum atomic E-state index is -0.810. The number of carboxylic acid groups (broad SMARTS) is 1. The van der Waals surface area contributed by atoms with Gasteiger partial charge in [0.05, 0.1) is 6.10 Å². The maximum absolute atomic E-state index is 10.8. The predicted octanol–water partition coefficient (Wildman–Crippen LogP) is 1.91. The zero-order valence-electron chi connectivity index (χ0n) is 8.49. The molecule has 0 saturated carbocycles. The average Bonchev–Trinajstić information content (AvgIpc) is 2.29. The van der Waals surface area contributed by atoms with Crippen molar-refractivity contribution in [2.24, 2.45) is 11.8 Å². The monoisotopic (exact) mass is 186 g/mol. The van der Waals surface area contributed by atoms with Crippen LogP contribution in [0.15, 0.2) is 0 Å². The van der Waals surface area contributed by atoms with Gasteiger partial charge in [-0.15, -0.1) is 0 Å². The van der Waals surface area contributed by atoms with Gasteiger partial charge < -0.3 is 9.84 Å². The summed E-state index contributed by atoms with van der Waals surface area (Å²) in [6.45, 7) is 6.17. The van der Waals surface area contributed by atoms with Crippen molar-refractivity contribution >= 4 is 5.97 Å². The van der Waals surface area contributed by atoms with Crippen molar-refractivity contribution in [3.8, 4) is 0 Å². The highest BCUT2D eigenvalue weighted by Gasteiger charge is 2.37. The summed E-state index contributed by atoms with van der Waals surface area (Å²) < 4.78 is 5.34. The Labute approximate surface area is 79.1 Å². The average molecular weight is 186 g/mol. The first-order valence-corrected chi connectivity index (χ1v) is 4.89. The highest BCUT2D eigenvalue weighted by atomic mass is 16.5. The van der Waals surface area contributed by atoms with Gasteiger partial charge >= 0.3 is 5.97 Å². The SMILES string of the molecule is CC(C)C[C@@H]1CC(C)OC1C(=O)O. The molecule has 1 heterocycles. The molecule has 0 aromatic carbocycles. The maximum Gasteiger partial charge on any atom is 0.333 e. The van der Waals surface area contributed by atoms with E-state index in [1.807, 2.05) is 6.92 Å². The molecule has 1 aliphatic rings. The van der Waals surface area contributed by atoms with Crippen LogP contribution < -0.4 is 0 Å². The lowest BCUT2D eigenvalue weighted by Gasteiger charge is -2.15. The van der Waals surface area contributed by atoms with Gasteiger partial charge in [-0.25, -0.2) is 4.79 Å². The zero-order chi connectivity index (χ0) is 10.0. The fourth-order valence-electron chi connectivity index (χ4n) is 2.05. The minimum Gasteiger partial charge on any atom is -0.479 e. The Balaban J connectivity index is 2.55. The summed E-state index contributed by atoms with van der Waals surface area (Å²) in [6.07, 6.45) is 1.36. The number of aliphatic carboxylic acids is 1. The maximum atomic E-state index is 10.8. The molecule has 3 heteroatoms. The van der Waals surface area contributed by atoms with Crippen LogP contribution in [0.4, 0.5) is 0 Å². The van der Waals surface area contributed by atoms with Gasteiger partial charge in [-0.1, -0.05) is 13.8 Å². The van der Waals surface area contributed by atoms with Gasteiger partial charge in [-0.3, -0.25) is 0 Å². The normalized spacial score (nSPS) is 34.0. The lowest BCUT2D eigenvalue weighted by Crippen LogP contribution is -2.27. The molecule has 1 rings (SSSR count). The Morgan fingerprint density at radius 1 is 1.62 bits per heavy atom. The second-order valence-electron chi connectivity index (χ2n) is 4.33. The Bertz CT molecular complexity index is 189. The molecule has 0 spiro atoms. The van der Waals surface area contributed by atoms with Crippen molar-refractivity contribution in [3.63, 3.8) is 0 Å². The number of carbonyl (C=O) groups is 1. The summed E-state index contributed by atoms with van der Waals surface area (Å²) in [6, 6.07) is 0. The molecule has 1 N–H and O–H groups in total. The van der Waals surface area contributed by atoms with Crippen LogP contribution in [0.25, 0.3) is 0 Å². The van der Waals surface area contributed by atoms with Crippen molar-refractivity contribution in [1.82, 2.24) is 0 Å². The lowest BCUT2D eigenvalue weighted by molar-refractivity contribution is -0.151. The molecule has 3 nitrogen and oxygen atoms in total. The molecule has 2 unspecified atom stereocenters. The number of rotatable bonds is 3. The van der Waals surface area contributed by atoms with E-state index in [0.717, 1.165) is 12.8 Å². The molecule has 13 heavy (non-hydrogen) atoms. The summed E-state index contributed by atoms with van der Waals surface area (Å²) in [5.41, 5.74) is 0. The second-order valence-corrected chi connectivity index (χ2v) is 4.33. The van der Waals surface area contributed by atoms with E-state index in [1.54, 1.807) is 0 Å². The van der Waals surface area contributed by atoms with Crippen molar-refractivity contribution in [2.45, 2.75) is 45.8 Å². The van der Waals surface area contributed by atoms with Crippen molar-refractivity contribution < 1.29 is 14.6 Å². The number of ether oxygens (including phenoxy) is 1. The predicted molar refractivity (Wildman–Crippen MR) is 49.5 cm³/mol. The lowest BCUT2D eigenvalue weighted by atomic mass is 9.90. The Morgan fingerprint density at radius 2 is 2.23 bits per heavy atom. The van der Waals surface area contributed by atoms with Crippen LogP contribution in [-0.4, -0.2) is 23.3 Å². The van der Waals surface area contributed by atoms with Gasteiger partial charge in [-0.05, 0) is 31.6 Å². The first-order valence-electron chi connectivity index (χ1n) is 4.89. The van der Waals surface area contributed by atoms with E-state index < -0.39 is 12.1 Å². The molecule has 0 radical (unpaired) electrons. The quantitative estimate of drug-likeness (QED) is 0.732. The van der Waals surface area contributed by atoms with Crippen LogP contribution in [0, 0.1) is 11.8 Å². The van der Waals surface area contributed by atoms with Crippen molar-refractivity contribution in [2.75, 3.05) is 0 Å². The van der Waals surface area contributed by atoms with Crippen LogP contribution in [0.5, 0.6) is 0 Å². The molecule has 76 valence electrons. The molecule has 3 atom stereocenters. The molecule has 1 aliphatic heterocycles. The minimum absolute atomic E-state index is 0.102. The summed E-state index contributed by atoms with van der Waals surface area (Å²) in [4.78, 5) is 10.8. The molecule has 0 amide bonds. The van der Waals surface area contributed by atoms with Gasteiger partial charge in [0.15, 0.2) is 6.10 Å². The third kappa shape index (κ3) is 2.69. The highest BCUT2D eigenvalue weighted by Crippen LogP contribution is 2.31. The number of carboxylic acids is 1. The Morgan fingerprint density at radius 3 is 2.69 bits per heavy atom. The van der Waals surface area contributed by atoms with E-state index in [-0.39, 0.29) is 12.0 Å². The van der Waals surface area contributed by atoms with Gasteiger partial charge in [0.1, 0.15) is 0 Å². The van der Waals surface area contributed by atoms with Crippen LogP contribution in [0.1, 0.15) is 33.6 Å². The fraction of sp³-hybridized carbons (Fsp3) is 0.900. The molecule has 0 aromatic rings. The Kier molecular flexibility index (Phi) is 3.31. The van der Waals surface area contributed by atoms with E-state index in [2.05, 4.69) is 13.8 Å². The van der Waals surface area contributed by atoms with Crippen LogP contribution in [-0.2, 0) is 9.53 Å². The third-order valence-electron chi connectivity index (χ3n) is 2.46. The largest absolute Gasteiger partial charge is 0.479 e. The van der Waals surface area contributed by atoms with Crippen molar-refractivity contribution in [3.05, 3.63) is 0 Å². The summed E-state index contributed by atoms with van der Waals surface area (Å²) >= 11 is 0. The molecule has 1 fully saturated rings. The van der Waals surface area contributed by atoms with E-state index in [1.165, 1.54) is 0 Å². The van der Waals surface area contributed by atoms with E-state index in [4.69, 9.17) is 9.84 Å². The smallest absolute Gasteiger partial charge is 0.333 e. The van der Waals surface area contributed by atoms with E-state index >= 15 is 0 Å². The van der Waals surface area contributed by atoms with Gasteiger partial charge in [0.25, 0.3) is 0 Å². The first-order chi connectivity index (χ1) is 6.00. The standard InChI is InChI=1S/C10H18O3/c1-6(2)4-8-5-7(3)13-9(8)10(11)12/h6-9H,4-5H2,1-3H3,(H,11,12)/t7?,8-,9?/m1/s1. The Hall–Kier alpha value is -0.570. The first kappa shape index (κ1) is 10.5. The van der Waals surface area contributed by atoms with Gasteiger partial charge in [0.2, 0.25) is 0 Å². The van der Waals surface area contributed by atoms with Crippen LogP contribution in [0.2, 0.25) is 0 Å². The van der Waals surface area contributed by atoms with Gasteiger partial charge in [0, 0.05) is 0 Å². The molecule has 0 aromatic heterocycles. The topological polar surface area (TPSA) is 46.5 Å².